The second-order valence-corrected chi connectivity index (χ2v) is 2.18. The first-order valence-electron chi connectivity index (χ1n) is 3.33. The fraction of sp³-hybridized carbons (Fsp3) is 0. The SMILES string of the molecule is C=C(O)Oc1ccc(C=O)cc1. The first kappa shape index (κ1) is 8.33. The minimum Gasteiger partial charge on any atom is -0.481 e. The Hall–Kier alpha value is -1.77. The van der Waals surface area contributed by atoms with Gasteiger partial charge in [-0.15, -0.1) is 0 Å². The molecular formula is C9H8O3. The van der Waals surface area contributed by atoms with Gasteiger partial charge in [0, 0.05) is 5.56 Å². The minimum atomic E-state index is -0.367. The lowest BCUT2D eigenvalue weighted by Crippen LogP contribution is -1.91. The van der Waals surface area contributed by atoms with Crippen LogP contribution in [0.3, 0.4) is 0 Å². The molecule has 1 N–H and O–H groups in total. The average Bonchev–Trinajstić information content (AvgIpc) is 2.05. The van der Waals surface area contributed by atoms with Crippen LogP contribution in [0.15, 0.2) is 36.8 Å². The molecule has 0 amide bonds. The second kappa shape index (κ2) is 3.57. The maximum atomic E-state index is 10.2. The van der Waals surface area contributed by atoms with Gasteiger partial charge in [-0.05, 0) is 30.8 Å². The summed E-state index contributed by atoms with van der Waals surface area (Å²) in [6.07, 6.45) is 0.734. The van der Waals surface area contributed by atoms with Crippen LogP contribution in [0.25, 0.3) is 0 Å². The van der Waals surface area contributed by atoms with Crippen molar-refractivity contribution >= 4 is 6.29 Å². The zero-order valence-corrected chi connectivity index (χ0v) is 6.36. The van der Waals surface area contributed by atoms with E-state index in [1.165, 1.54) is 0 Å². The molecule has 0 saturated carbocycles. The molecule has 3 heteroatoms. The number of rotatable bonds is 3. The van der Waals surface area contributed by atoms with Gasteiger partial charge in [0.05, 0.1) is 0 Å². The van der Waals surface area contributed by atoms with Crippen molar-refractivity contribution in [3.63, 3.8) is 0 Å². The van der Waals surface area contributed by atoms with Gasteiger partial charge in [-0.3, -0.25) is 4.79 Å². The number of hydrogen-bond acceptors (Lipinski definition) is 3. The maximum Gasteiger partial charge on any atom is 0.274 e. The predicted octanol–water partition coefficient (Wildman–Crippen LogP) is 1.91. The van der Waals surface area contributed by atoms with E-state index < -0.39 is 0 Å². The van der Waals surface area contributed by atoms with Crippen molar-refractivity contribution < 1.29 is 14.6 Å². The normalized spacial score (nSPS) is 9.00. The van der Waals surface area contributed by atoms with Crippen molar-refractivity contribution in [1.29, 1.82) is 0 Å². The van der Waals surface area contributed by atoms with Gasteiger partial charge in [0.15, 0.2) is 0 Å². The molecule has 0 saturated heterocycles. The molecular weight excluding hydrogens is 156 g/mol. The Balaban J connectivity index is 2.77. The predicted molar refractivity (Wildman–Crippen MR) is 44.2 cm³/mol. The largest absolute Gasteiger partial charge is 0.481 e. The average molecular weight is 164 g/mol. The molecule has 0 aliphatic heterocycles. The quantitative estimate of drug-likeness (QED) is 0.548. The monoisotopic (exact) mass is 164 g/mol. The summed E-state index contributed by atoms with van der Waals surface area (Å²) in [5.74, 6) is 0.0851. The van der Waals surface area contributed by atoms with E-state index in [9.17, 15) is 4.79 Å². The number of aliphatic hydroxyl groups is 1. The Morgan fingerprint density at radius 3 is 2.42 bits per heavy atom. The highest BCUT2D eigenvalue weighted by atomic mass is 16.6. The third-order valence-electron chi connectivity index (χ3n) is 1.25. The third-order valence-corrected chi connectivity index (χ3v) is 1.25. The third kappa shape index (κ3) is 2.12. The van der Waals surface area contributed by atoms with E-state index in [-0.39, 0.29) is 5.95 Å². The molecule has 1 aromatic rings. The molecule has 0 bridgehead atoms. The number of aldehydes is 1. The Bertz CT molecular complexity index is 287. The standard InChI is InChI=1S/C9H8O3/c1-7(11)12-9-4-2-8(6-10)3-5-9/h2-6,11H,1H2. The molecule has 0 aliphatic rings. The van der Waals surface area contributed by atoms with Crippen LogP contribution in [0.4, 0.5) is 0 Å². The Labute approximate surface area is 69.9 Å². The molecule has 0 radical (unpaired) electrons. The molecule has 12 heavy (non-hydrogen) atoms. The first-order chi connectivity index (χ1) is 5.72. The summed E-state index contributed by atoms with van der Waals surface area (Å²) in [5.41, 5.74) is 0.561. The zero-order chi connectivity index (χ0) is 8.97. The maximum absolute atomic E-state index is 10.2. The van der Waals surface area contributed by atoms with Crippen LogP contribution in [-0.4, -0.2) is 11.4 Å². The Morgan fingerprint density at radius 1 is 1.42 bits per heavy atom. The number of ether oxygens (including phenoxy) is 1. The van der Waals surface area contributed by atoms with Crippen LogP contribution in [0.2, 0.25) is 0 Å². The van der Waals surface area contributed by atoms with Gasteiger partial charge < -0.3 is 9.84 Å². The number of carbonyl (C=O) groups excluding carboxylic acids is 1. The highest BCUT2D eigenvalue weighted by Crippen LogP contribution is 2.12. The van der Waals surface area contributed by atoms with Crippen LogP contribution in [0.1, 0.15) is 10.4 Å². The van der Waals surface area contributed by atoms with Crippen LogP contribution in [0.5, 0.6) is 5.75 Å². The van der Waals surface area contributed by atoms with E-state index in [0.29, 0.717) is 11.3 Å². The Kier molecular flexibility index (Phi) is 2.48. The number of carbonyl (C=O) groups is 1. The molecule has 1 aromatic carbocycles. The van der Waals surface area contributed by atoms with Gasteiger partial charge in [-0.2, -0.15) is 0 Å². The van der Waals surface area contributed by atoms with E-state index in [0.717, 1.165) is 6.29 Å². The lowest BCUT2D eigenvalue weighted by Gasteiger charge is -2.01. The van der Waals surface area contributed by atoms with Crippen LogP contribution < -0.4 is 4.74 Å². The van der Waals surface area contributed by atoms with E-state index >= 15 is 0 Å². The smallest absolute Gasteiger partial charge is 0.274 e. The van der Waals surface area contributed by atoms with Gasteiger partial charge in [0.25, 0.3) is 5.95 Å². The van der Waals surface area contributed by atoms with Gasteiger partial charge in [0.2, 0.25) is 0 Å². The molecule has 0 atom stereocenters. The van der Waals surface area contributed by atoms with E-state index in [1.54, 1.807) is 24.3 Å². The van der Waals surface area contributed by atoms with Crippen LogP contribution in [0, 0.1) is 0 Å². The van der Waals surface area contributed by atoms with Crippen molar-refractivity contribution in [3.05, 3.63) is 42.4 Å². The van der Waals surface area contributed by atoms with Gasteiger partial charge >= 0.3 is 0 Å². The topological polar surface area (TPSA) is 46.5 Å². The fourth-order valence-electron chi connectivity index (χ4n) is 0.750. The van der Waals surface area contributed by atoms with Crippen LogP contribution >= 0.6 is 0 Å². The van der Waals surface area contributed by atoms with Crippen molar-refractivity contribution in [2.45, 2.75) is 0 Å². The molecule has 0 fully saturated rings. The molecule has 0 aromatic heterocycles. The Morgan fingerprint density at radius 2 is 2.00 bits per heavy atom. The van der Waals surface area contributed by atoms with Crippen molar-refractivity contribution in [2.75, 3.05) is 0 Å². The van der Waals surface area contributed by atoms with Crippen LogP contribution in [-0.2, 0) is 0 Å². The lowest BCUT2D eigenvalue weighted by atomic mass is 10.2. The molecule has 0 unspecified atom stereocenters. The first-order valence-corrected chi connectivity index (χ1v) is 3.33. The lowest BCUT2D eigenvalue weighted by molar-refractivity contribution is 0.112. The zero-order valence-electron chi connectivity index (χ0n) is 6.36. The van der Waals surface area contributed by atoms with E-state index in [4.69, 9.17) is 9.84 Å². The van der Waals surface area contributed by atoms with E-state index in [2.05, 4.69) is 6.58 Å². The molecule has 0 spiro atoms. The number of hydrogen-bond donors (Lipinski definition) is 1. The number of benzene rings is 1. The van der Waals surface area contributed by atoms with Crippen molar-refractivity contribution in [3.8, 4) is 5.75 Å². The van der Waals surface area contributed by atoms with Crippen molar-refractivity contribution in [1.82, 2.24) is 0 Å². The molecule has 0 heterocycles. The molecule has 3 nitrogen and oxygen atoms in total. The highest BCUT2D eigenvalue weighted by molar-refractivity contribution is 5.74. The summed E-state index contributed by atoms with van der Waals surface area (Å²) >= 11 is 0. The van der Waals surface area contributed by atoms with E-state index in [1.807, 2.05) is 0 Å². The summed E-state index contributed by atoms with van der Waals surface area (Å²) < 4.78 is 4.76. The summed E-state index contributed by atoms with van der Waals surface area (Å²) in [6, 6.07) is 6.33. The highest BCUT2D eigenvalue weighted by Gasteiger charge is 1.94. The number of aliphatic hydroxyl groups excluding tert-OH is 1. The molecule has 1 rings (SSSR count). The summed E-state index contributed by atoms with van der Waals surface area (Å²) in [6.45, 7) is 3.16. The fourth-order valence-corrected chi connectivity index (χ4v) is 0.750. The molecule has 0 aliphatic carbocycles. The second-order valence-electron chi connectivity index (χ2n) is 2.18. The van der Waals surface area contributed by atoms with Gasteiger partial charge in [-0.25, -0.2) is 0 Å². The van der Waals surface area contributed by atoms with Gasteiger partial charge in [0.1, 0.15) is 12.0 Å². The minimum absolute atomic E-state index is 0.367. The summed E-state index contributed by atoms with van der Waals surface area (Å²) in [5, 5.41) is 8.65. The van der Waals surface area contributed by atoms with Gasteiger partial charge in [-0.1, -0.05) is 0 Å². The summed E-state index contributed by atoms with van der Waals surface area (Å²) in [4.78, 5) is 10.2. The summed E-state index contributed by atoms with van der Waals surface area (Å²) in [7, 11) is 0. The molecule has 62 valence electrons. The van der Waals surface area contributed by atoms with Crippen molar-refractivity contribution in [2.24, 2.45) is 0 Å².